The first-order chi connectivity index (χ1) is 9.08. The number of imidazole rings is 1. The summed E-state index contributed by atoms with van der Waals surface area (Å²) in [6.45, 7) is 6.51. The van der Waals surface area contributed by atoms with Crippen molar-refractivity contribution >= 4 is 11.2 Å². The van der Waals surface area contributed by atoms with E-state index in [4.69, 9.17) is 0 Å². The number of aromatic nitrogens is 4. The third-order valence-corrected chi connectivity index (χ3v) is 3.29. The first-order valence-corrected chi connectivity index (χ1v) is 6.81. The Labute approximate surface area is 110 Å². The zero-order valence-corrected chi connectivity index (χ0v) is 11.6. The molecule has 2 rings (SSSR count). The Hall–Kier alpha value is -1.85. The van der Waals surface area contributed by atoms with Crippen molar-refractivity contribution in [1.29, 1.82) is 0 Å². The summed E-state index contributed by atoms with van der Waals surface area (Å²) in [6, 6.07) is 0. The Morgan fingerprint density at radius 1 is 1.21 bits per heavy atom. The number of hydrogen-bond acceptors (Lipinski definition) is 3. The predicted molar refractivity (Wildman–Crippen MR) is 74.6 cm³/mol. The van der Waals surface area contributed by atoms with E-state index in [0.717, 1.165) is 25.1 Å². The van der Waals surface area contributed by atoms with Crippen LogP contribution in [0.15, 0.2) is 9.59 Å². The molecule has 2 heterocycles. The molecule has 2 N–H and O–H groups in total. The van der Waals surface area contributed by atoms with Crippen molar-refractivity contribution in [2.45, 2.75) is 52.5 Å². The summed E-state index contributed by atoms with van der Waals surface area (Å²) < 4.78 is 1.22. The van der Waals surface area contributed by atoms with Crippen LogP contribution in [-0.4, -0.2) is 19.5 Å². The van der Waals surface area contributed by atoms with Gasteiger partial charge in [0.2, 0.25) is 0 Å². The molecule has 0 aromatic carbocycles. The lowest BCUT2D eigenvalue weighted by Gasteiger charge is -2.04. The van der Waals surface area contributed by atoms with Gasteiger partial charge in [0, 0.05) is 12.5 Å². The molecule has 6 nitrogen and oxygen atoms in total. The maximum atomic E-state index is 12.2. The van der Waals surface area contributed by atoms with Gasteiger partial charge in [0.05, 0.1) is 0 Å². The van der Waals surface area contributed by atoms with Crippen LogP contribution in [0.1, 0.15) is 51.8 Å². The fourth-order valence-corrected chi connectivity index (χ4v) is 2.26. The van der Waals surface area contributed by atoms with E-state index in [2.05, 4.69) is 28.8 Å². The van der Waals surface area contributed by atoms with Crippen molar-refractivity contribution < 1.29 is 0 Å². The molecule has 0 saturated carbocycles. The Balaban J connectivity index is 2.57. The van der Waals surface area contributed by atoms with Crippen LogP contribution in [0.25, 0.3) is 11.2 Å². The standard InChI is InChI=1S/C13H20N4O2/c1-4-6-8(3)10-14-9-11(15-10)16-13(19)17(7-5-2)12(9)18/h8H,4-7H2,1-3H3,(H,14,15)(H,16,19). The minimum absolute atomic E-state index is 0.250. The van der Waals surface area contributed by atoms with E-state index in [1.165, 1.54) is 4.57 Å². The van der Waals surface area contributed by atoms with E-state index in [9.17, 15) is 9.59 Å². The molecule has 19 heavy (non-hydrogen) atoms. The number of aromatic amines is 2. The predicted octanol–water partition coefficient (Wildman–Crippen LogP) is 1.73. The number of hydrogen-bond donors (Lipinski definition) is 2. The molecule has 0 amide bonds. The van der Waals surface area contributed by atoms with Gasteiger partial charge in [0.15, 0.2) is 5.65 Å². The van der Waals surface area contributed by atoms with Crippen LogP contribution >= 0.6 is 0 Å². The zero-order valence-electron chi connectivity index (χ0n) is 11.6. The highest BCUT2D eigenvalue weighted by atomic mass is 16.2. The topological polar surface area (TPSA) is 83.5 Å². The highest BCUT2D eigenvalue weighted by Gasteiger charge is 2.14. The molecule has 0 radical (unpaired) electrons. The van der Waals surface area contributed by atoms with Gasteiger partial charge in [-0.1, -0.05) is 27.2 Å². The van der Waals surface area contributed by atoms with Crippen molar-refractivity contribution in [1.82, 2.24) is 19.5 Å². The maximum Gasteiger partial charge on any atom is 0.330 e. The quantitative estimate of drug-likeness (QED) is 0.862. The molecule has 0 aliphatic rings. The molecule has 6 heteroatoms. The summed E-state index contributed by atoms with van der Waals surface area (Å²) in [6.07, 6.45) is 2.78. The first-order valence-electron chi connectivity index (χ1n) is 6.81. The summed E-state index contributed by atoms with van der Waals surface area (Å²) in [5.74, 6) is 1.01. The summed E-state index contributed by atoms with van der Waals surface area (Å²) in [5.41, 5.74) is 0.0786. The Kier molecular flexibility index (Phi) is 3.87. The van der Waals surface area contributed by atoms with Gasteiger partial charge < -0.3 is 4.98 Å². The largest absolute Gasteiger partial charge is 0.336 e. The second kappa shape index (κ2) is 5.42. The van der Waals surface area contributed by atoms with Gasteiger partial charge in [-0.15, -0.1) is 0 Å². The monoisotopic (exact) mass is 264 g/mol. The Morgan fingerprint density at radius 2 is 1.95 bits per heavy atom. The van der Waals surface area contributed by atoms with Crippen molar-refractivity contribution in [3.8, 4) is 0 Å². The second-order valence-corrected chi connectivity index (χ2v) is 4.92. The molecule has 1 atom stereocenters. The second-order valence-electron chi connectivity index (χ2n) is 4.92. The lowest BCUT2D eigenvalue weighted by Crippen LogP contribution is -2.34. The Bertz CT molecular complexity index is 680. The maximum absolute atomic E-state index is 12.2. The molecule has 104 valence electrons. The van der Waals surface area contributed by atoms with Crippen LogP contribution in [0.2, 0.25) is 0 Å². The van der Waals surface area contributed by atoms with Crippen molar-refractivity contribution in [3.63, 3.8) is 0 Å². The van der Waals surface area contributed by atoms with E-state index < -0.39 is 0 Å². The van der Waals surface area contributed by atoms with Crippen molar-refractivity contribution in [2.24, 2.45) is 0 Å². The number of H-pyrrole nitrogens is 2. The molecular formula is C13H20N4O2. The normalized spacial score (nSPS) is 13.0. The third kappa shape index (κ3) is 2.47. The van der Waals surface area contributed by atoms with Gasteiger partial charge in [-0.05, 0) is 12.8 Å². The summed E-state index contributed by atoms with van der Waals surface area (Å²) >= 11 is 0. The molecule has 0 aliphatic carbocycles. The molecule has 0 bridgehead atoms. The van der Waals surface area contributed by atoms with Gasteiger partial charge in [-0.25, -0.2) is 9.78 Å². The van der Waals surface area contributed by atoms with Crippen LogP contribution in [0.4, 0.5) is 0 Å². The molecule has 2 aromatic rings. The van der Waals surface area contributed by atoms with Crippen LogP contribution in [0, 0.1) is 0 Å². The number of rotatable bonds is 5. The molecule has 0 fully saturated rings. The van der Waals surface area contributed by atoms with Gasteiger partial charge in [-0.2, -0.15) is 0 Å². The van der Waals surface area contributed by atoms with Crippen LogP contribution in [0.5, 0.6) is 0 Å². The summed E-state index contributed by atoms with van der Waals surface area (Å²) in [4.78, 5) is 34.1. The van der Waals surface area contributed by atoms with Gasteiger partial charge >= 0.3 is 5.69 Å². The zero-order chi connectivity index (χ0) is 14.0. The Morgan fingerprint density at radius 3 is 2.58 bits per heavy atom. The number of nitrogens with zero attached hydrogens (tertiary/aromatic N) is 2. The SMILES string of the molecule is CCCC(C)c1nc2[nH]c(=O)n(CCC)c(=O)c2[nH]1. The minimum atomic E-state index is -0.388. The molecule has 0 spiro atoms. The molecule has 0 saturated heterocycles. The van der Waals surface area contributed by atoms with Gasteiger partial charge in [-0.3, -0.25) is 14.3 Å². The van der Waals surface area contributed by atoms with E-state index >= 15 is 0 Å². The summed E-state index contributed by atoms with van der Waals surface area (Å²) in [7, 11) is 0. The average molecular weight is 264 g/mol. The van der Waals surface area contributed by atoms with Gasteiger partial charge in [0.1, 0.15) is 11.3 Å². The van der Waals surface area contributed by atoms with Crippen LogP contribution < -0.4 is 11.2 Å². The minimum Gasteiger partial charge on any atom is -0.336 e. The first kappa shape index (κ1) is 13.6. The summed E-state index contributed by atoms with van der Waals surface area (Å²) in [5, 5.41) is 0. The fraction of sp³-hybridized carbons (Fsp3) is 0.615. The van der Waals surface area contributed by atoms with E-state index in [1.807, 2.05) is 6.92 Å². The third-order valence-electron chi connectivity index (χ3n) is 3.29. The fourth-order valence-electron chi connectivity index (χ4n) is 2.26. The number of fused-ring (bicyclic) bond motifs is 1. The van der Waals surface area contributed by atoms with Crippen LogP contribution in [0.3, 0.4) is 0 Å². The average Bonchev–Trinajstić information content (AvgIpc) is 2.79. The molecule has 1 unspecified atom stereocenters. The number of nitrogens with one attached hydrogen (secondary N) is 2. The van der Waals surface area contributed by atoms with Crippen LogP contribution in [-0.2, 0) is 6.54 Å². The molecule has 0 aliphatic heterocycles. The highest BCUT2D eigenvalue weighted by Crippen LogP contribution is 2.18. The lowest BCUT2D eigenvalue weighted by atomic mass is 10.1. The highest BCUT2D eigenvalue weighted by molar-refractivity contribution is 5.68. The van der Waals surface area contributed by atoms with E-state index in [1.54, 1.807) is 0 Å². The van der Waals surface area contributed by atoms with Crippen molar-refractivity contribution in [3.05, 3.63) is 26.7 Å². The molecule has 2 aromatic heterocycles. The van der Waals surface area contributed by atoms with Crippen molar-refractivity contribution in [2.75, 3.05) is 0 Å². The smallest absolute Gasteiger partial charge is 0.330 e. The molecular weight excluding hydrogens is 244 g/mol. The van der Waals surface area contributed by atoms with Gasteiger partial charge in [0.25, 0.3) is 5.56 Å². The lowest BCUT2D eigenvalue weighted by molar-refractivity contribution is 0.622. The van der Waals surface area contributed by atoms with E-state index in [0.29, 0.717) is 17.7 Å². The van der Waals surface area contributed by atoms with E-state index in [-0.39, 0.29) is 17.2 Å².